The maximum atomic E-state index is 12.4. The van der Waals surface area contributed by atoms with Crippen LogP contribution in [0, 0.1) is 0 Å². The van der Waals surface area contributed by atoms with Crippen LogP contribution in [0.2, 0.25) is 0 Å². The van der Waals surface area contributed by atoms with E-state index in [1.807, 2.05) is 19.9 Å². The number of hydrogen-bond acceptors (Lipinski definition) is 4. The van der Waals surface area contributed by atoms with E-state index in [1.54, 1.807) is 30.0 Å². The van der Waals surface area contributed by atoms with Gasteiger partial charge in [-0.2, -0.15) is 0 Å². The topological polar surface area (TPSA) is 72.3 Å². The molecule has 0 aliphatic heterocycles. The third-order valence-corrected chi connectivity index (χ3v) is 5.32. The number of aromatic nitrogens is 2. The fourth-order valence-corrected chi connectivity index (χ4v) is 3.38. The molecule has 1 aromatic heterocycles. The zero-order valence-electron chi connectivity index (χ0n) is 13.1. The van der Waals surface area contributed by atoms with Crippen LogP contribution < -0.4 is 0 Å². The van der Waals surface area contributed by atoms with Gasteiger partial charge in [0.2, 0.25) is 20.9 Å². The molecular formula is C15H21N3O3S. The second-order valence-corrected chi connectivity index (χ2v) is 7.11. The molecule has 0 saturated heterocycles. The minimum Gasteiger partial charge on any atom is -0.342 e. The van der Waals surface area contributed by atoms with E-state index in [2.05, 4.69) is 4.98 Å². The summed E-state index contributed by atoms with van der Waals surface area (Å²) in [5.74, 6) is -0.156. The van der Waals surface area contributed by atoms with Crippen molar-refractivity contribution in [1.29, 1.82) is 0 Å². The van der Waals surface area contributed by atoms with Crippen LogP contribution in [-0.4, -0.2) is 47.6 Å². The molecule has 0 bridgehead atoms. The summed E-state index contributed by atoms with van der Waals surface area (Å²) in [5.41, 5.74) is 1.25. The predicted molar refractivity (Wildman–Crippen MR) is 85.4 cm³/mol. The van der Waals surface area contributed by atoms with Gasteiger partial charge in [0.25, 0.3) is 0 Å². The summed E-state index contributed by atoms with van der Waals surface area (Å²) < 4.78 is 26.1. The largest absolute Gasteiger partial charge is 0.342 e. The molecule has 2 aromatic rings. The maximum Gasteiger partial charge on any atom is 0.242 e. The average Bonchev–Trinajstić information content (AvgIpc) is 2.88. The molecule has 2 rings (SSSR count). The van der Waals surface area contributed by atoms with E-state index >= 15 is 0 Å². The van der Waals surface area contributed by atoms with Gasteiger partial charge in [0.05, 0.1) is 16.8 Å². The first kappa shape index (κ1) is 16.5. The van der Waals surface area contributed by atoms with Gasteiger partial charge in [-0.25, -0.2) is 13.4 Å². The summed E-state index contributed by atoms with van der Waals surface area (Å²) in [6.07, 6.45) is 0. The van der Waals surface area contributed by atoms with Gasteiger partial charge < -0.3 is 9.47 Å². The molecule has 22 heavy (non-hydrogen) atoms. The molecule has 1 aromatic carbocycles. The molecule has 0 radical (unpaired) electrons. The van der Waals surface area contributed by atoms with Crippen LogP contribution in [0.4, 0.5) is 0 Å². The number of benzene rings is 1. The standard InChI is InChI=1S/C15H21N3O3S/c1-4-17(5-2)14(19)11-18-13-10-8-7-9-12(13)16-15(18)22(20,21)6-3/h7-10H,4-6,11H2,1-3H3. The summed E-state index contributed by atoms with van der Waals surface area (Å²) in [6, 6.07) is 7.15. The summed E-state index contributed by atoms with van der Waals surface area (Å²) in [7, 11) is -3.49. The number of likely N-dealkylation sites (N-methyl/N-ethyl adjacent to an activating group) is 1. The maximum absolute atomic E-state index is 12.4. The van der Waals surface area contributed by atoms with Gasteiger partial charge in [-0.1, -0.05) is 19.1 Å². The lowest BCUT2D eigenvalue weighted by Gasteiger charge is -2.19. The van der Waals surface area contributed by atoms with Gasteiger partial charge >= 0.3 is 0 Å². The minimum atomic E-state index is -3.49. The molecule has 0 unspecified atom stereocenters. The number of nitrogens with zero attached hydrogens (tertiary/aromatic N) is 3. The van der Waals surface area contributed by atoms with E-state index in [-0.39, 0.29) is 23.4 Å². The van der Waals surface area contributed by atoms with Crippen LogP contribution in [0.5, 0.6) is 0 Å². The lowest BCUT2D eigenvalue weighted by atomic mass is 10.3. The van der Waals surface area contributed by atoms with Crippen LogP contribution in [0.15, 0.2) is 29.4 Å². The zero-order chi connectivity index (χ0) is 16.3. The molecular weight excluding hydrogens is 302 g/mol. The van der Waals surface area contributed by atoms with E-state index in [0.29, 0.717) is 24.1 Å². The highest BCUT2D eigenvalue weighted by Crippen LogP contribution is 2.20. The van der Waals surface area contributed by atoms with Gasteiger partial charge in [0.1, 0.15) is 6.54 Å². The number of amides is 1. The third kappa shape index (κ3) is 2.99. The highest BCUT2D eigenvalue weighted by Gasteiger charge is 2.24. The number of carbonyl (C=O) groups is 1. The Bertz CT molecular complexity index is 776. The van der Waals surface area contributed by atoms with E-state index in [4.69, 9.17) is 0 Å². The van der Waals surface area contributed by atoms with Gasteiger partial charge in [0, 0.05) is 13.1 Å². The third-order valence-electron chi connectivity index (χ3n) is 3.69. The molecule has 7 heteroatoms. The van der Waals surface area contributed by atoms with Crippen molar-refractivity contribution in [3.05, 3.63) is 24.3 Å². The normalized spacial score (nSPS) is 11.8. The number of fused-ring (bicyclic) bond motifs is 1. The molecule has 120 valence electrons. The number of rotatable bonds is 6. The lowest BCUT2D eigenvalue weighted by molar-refractivity contribution is -0.131. The Morgan fingerprint density at radius 1 is 1.18 bits per heavy atom. The molecule has 0 saturated carbocycles. The van der Waals surface area contributed by atoms with Gasteiger partial charge in [0.15, 0.2) is 0 Å². The van der Waals surface area contributed by atoms with Crippen molar-refractivity contribution in [3.8, 4) is 0 Å². The van der Waals surface area contributed by atoms with E-state index in [1.165, 1.54) is 4.57 Å². The summed E-state index contributed by atoms with van der Waals surface area (Å²) in [4.78, 5) is 18.3. The second kappa shape index (κ2) is 6.48. The summed E-state index contributed by atoms with van der Waals surface area (Å²) >= 11 is 0. The van der Waals surface area contributed by atoms with Gasteiger partial charge in [-0.05, 0) is 26.0 Å². The first-order valence-electron chi connectivity index (χ1n) is 7.40. The molecule has 0 aliphatic carbocycles. The van der Waals surface area contributed by atoms with Crippen molar-refractivity contribution in [3.63, 3.8) is 0 Å². The van der Waals surface area contributed by atoms with Crippen LogP contribution in [0.3, 0.4) is 0 Å². The highest BCUT2D eigenvalue weighted by molar-refractivity contribution is 7.91. The van der Waals surface area contributed by atoms with Crippen molar-refractivity contribution < 1.29 is 13.2 Å². The number of imidazole rings is 1. The van der Waals surface area contributed by atoms with Crippen molar-refractivity contribution in [2.24, 2.45) is 0 Å². The van der Waals surface area contributed by atoms with E-state index in [9.17, 15) is 13.2 Å². The number of para-hydroxylation sites is 2. The second-order valence-electron chi connectivity index (χ2n) is 4.94. The Balaban J connectivity index is 2.55. The van der Waals surface area contributed by atoms with Crippen LogP contribution >= 0.6 is 0 Å². The highest BCUT2D eigenvalue weighted by atomic mass is 32.2. The molecule has 0 aliphatic rings. The monoisotopic (exact) mass is 323 g/mol. The minimum absolute atomic E-state index is 0.0171. The van der Waals surface area contributed by atoms with Crippen LogP contribution in [0.25, 0.3) is 11.0 Å². The lowest BCUT2D eigenvalue weighted by Crippen LogP contribution is -2.34. The Morgan fingerprint density at radius 2 is 1.82 bits per heavy atom. The first-order valence-corrected chi connectivity index (χ1v) is 9.05. The molecule has 0 fully saturated rings. The van der Waals surface area contributed by atoms with Gasteiger partial charge in [-0.3, -0.25) is 4.79 Å². The Kier molecular flexibility index (Phi) is 4.85. The average molecular weight is 323 g/mol. The number of carbonyl (C=O) groups excluding carboxylic acids is 1. The molecule has 1 amide bonds. The molecule has 0 N–H and O–H groups in total. The fourth-order valence-electron chi connectivity index (χ4n) is 2.38. The number of sulfone groups is 1. The first-order chi connectivity index (χ1) is 10.4. The van der Waals surface area contributed by atoms with Crippen molar-refractivity contribution in [1.82, 2.24) is 14.5 Å². The van der Waals surface area contributed by atoms with Crippen molar-refractivity contribution >= 4 is 26.8 Å². The molecule has 0 spiro atoms. The van der Waals surface area contributed by atoms with Gasteiger partial charge in [-0.15, -0.1) is 0 Å². The zero-order valence-corrected chi connectivity index (χ0v) is 13.9. The van der Waals surface area contributed by atoms with Crippen molar-refractivity contribution in [2.45, 2.75) is 32.5 Å². The van der Waals surface area contributed by atoms with Crippen molar-refractivity contribution in [2.75, 3.05) is 18.8 Å². The Hall–Kier alpha value is -1.89. The van der Waals surface area contributed by atoms with Crippen LogP contribution in [0.1, 0.15) is 20.8 Å². The van der Waals surface area contributed by atoms with Crippen LogP contribution in [-0.2, 0) is 21.2 Å². The quantitative estimate of drug-likeness (QED) is 0.811. The molecule has 0 atom stereocenters. The smallest absolute Gasteiger partial charge is 0.242 e. The summed E-state index contributed by atoms with van der Waals surface area (Å²) in [5, 5.41) is -0.0308. The number of hydrogen-bond donors (Lipinski definition) is 0. The van der Waals surface area contributed by atoms with E-state index < -0.39 is 9.84 Å². The SMILES string of the molecule is CCN(CC)C(=O)Cn1c(S(=O)(=O)CC)nc2ccccc21. The fraction of sp³-hybridized carbons (Fsp3) is 0.467. The molecule has 1 heterocycles. The summed E-state index contributed by atoms with van der Waals surface area (Å²) in [6.45, 7) is 6.55. The molecule has 6 nitrogen and oxygen atoms in total. The van der Waals surface area contributed by atoms with E-state index in [0.717, 1.165) is 0 Å². The Morgan fingerprint density at radius 3 is 2.41 bits per heavy atom. The predicted octanol–water partition coefficient (Wildman–Crippen LogP) is 1.70. The Labute approximate surface area is 130 Å².